The number of hydrogen-bond acceptors (Lipinski definition) is 6. The van der Waals surface area contributed by atoms with Crippen molar-refractivity contribution in [2.24, 2.45) is 0 Å². The van der Waals surface area contributed by atoms with Gasteiger partial charge < -0.3 is 19.3 Å². The summed E-state index contributed by atoms with van der Waals surface area (Å²) in [6, 6.07) is 0.278. The van der Waals surface area contributed by atoms with Gasteiger partial charge in [-0.3, -0.25) is 0 Å². The lowest BCUT2D eigenvalue weighted by Crippen LogP contribution is -2.35. The lowest BCUT2D eigenvalue weighted by Gasteiger charge is -2.14. The molecule has 1 aliphatic rings. The predicted molar refractivity (Wildman–Crippen MR) is 65.5 cm³/mol. The van der Waals surface area contributed by atoms with Crippen LogP contribution in [0.4, 0.5) is 0 Å². The zero-order chi connectivity index (χ0) is 12.8. The first-order valence-corrected chi connectivity index (χ1v) is 6.47. The number of nitrogens with zero attached hydrogens (tertiary/aromatic N) is 2. The summed E-state index contributed by atoms with van der Waals surface area (Å²) in [6.45, 7) is 5.09. The maximum absolute atomic E-state index is 5.50. The normalized spacial score (nSPS) is 23.7. The summed E-state index contributed by atoms with van der Waals surface area (Å²) in [5.41, 5.74) is 0. The van der Waals surface area contributed by atoms with Crippen LogP contribution < -0.4 is 5.32 Å². The highest BCUT2D eigenvalue weighted by Gasteiger charge is 2.33. The SMILES string of the molecule is CCCNC1COCC1c1nc(CCOC)no1. The number of nitrogens with one attached hydrogen (secondary N) is 1. The molecule has 2 rings (SSSR count). The molecule has 102 valence electrons. The van der Waals surface area contributed by atoms with Gasteiger partial charge in [-0.2, -0.15) is 4.98 Å². The Hall–Kier alpha value is -0.980. The maximum Gasteiger partial charge on any atom is 0.233 e. The fraction of sp³-hybridized carbons (Fsp3) is 0.833. The molecule has 1 aliphatic heterocycles. The molecule has 2 atom stereocenters. The molecule has 2 unspecified atom stereocenters. The molecule has 1 saturated heterocycles. The summed E-state index contributed by atoms with van der Waals surface area (Å²) >= 11 is 0. The molecule has 6 heteroatoms. The number of methoxy groups -OCH3 is 1. The Morgan fingerprint density at radius 1 is 1.44 bits per heavy atom. The second-order valence-electron chi connectivity index (χ2n) is 4.50. The molecule has 0 aliphatic carbocycles. The van der Waals surface area contributed by atoms with Gasteiger partial charge in [0.25, 0.3) is 0 Å². The summed E-state index contributed by atoms with van der Waals surface area (Å²) in [7, 11) is 1.66. The van der Waals surface area contributed by atoms with Crippen molar-refractivity contribution in [2.75, 3.05) is 33.5 Å². The molecular formula is C12H21N3O3. The highest BCUT2D eigenvalue weighted by atomic mass is 16.5. The van der Waals surface area contributed by atoms with Crippen molar-refractivity contribution in [2.45, 2.75) is 31.7 Å². The van der Waals surface area contributed by atoms with Crippen LogP contribution in [0.2, 0.25) is 0 Å². The molecular weight excluding hydrogens is 234 g/mol. The van der Waals surface area contributed by atoms with Crippen molar-refractivity contribution in [1.29, 1.82) is 0 Å². The Balaban J connectivity index is 1.94. The van der Waals surface area contributed by atoms with Crippen molar-refractivity contribution in [1.82, 2.24) is 15.5 Å². The minimum absolute atomic E-state index is 0.167. The van der Waals surface area contributed by atoms with Crippen LogP contribution in [0.15, 0.2) is 4.52 Å². The molecule has 0 amide bonds. The van der Waals surface area contributed by atoms with Gasteiger partial charge in [0.1, 0.15) is 0 Å². The van der Waals surface area contributed by atoms with Crippen molar-refractivity contribution in [3.8, 4) is 0 Å². The molecule has 0 radical (unpaired) electrons. The van der Waals surface area contributed by atoms with Gasteiger partial charge in [0.05, 0.1) is 25.7 Å². The van der Waals surface area contributed by atoms with Gasteiger partial charge in [0.2, 0.25) is 5.89 Å². The average Bonchev–Trinajstić information content (AvgIpc) is 3.02. The van der Waals surface area contributed by atoms with Gasteiger partial charge in [0, 0.05) is 19.6 Å². The molecule has 6 nitrogen and oxygen atoms in total. The summed E-state index contributed by atoms with van der Waals surface area (Å²) < 4.78 is 15.8. The van der Waals surface area contributed by atoms with Crippen LogP contribution in [0.1, 0.15) is 31.0 Å². The zero-order valence-electron chi connectivity index (χ0n) is 11.0. The molecule has 0 spiro atoms. The first-order valence-electron chi connectivity index (χ1n) is 6.47. The van der Waals surface area contributed by atoms with E-state index in [1.165, 1.54) is 0 Å². The summed E-state index contributed by atoms with van der Waals surface area (Å²) in [4.78, 5) is 4.41. The number of hydrogen-bond donors (Lipinski definition) is 1. The fourth-order valence-corrected chi connectivity index (χ4v) is 2.04. The van der Waals surface area contributed by atoms with Gasteiger partial charge in [0.15, 0.2) is 5.82 Å². The monoisotopic (exact) mass is 255 g/mol. The van der Waals surface area contributed by atoms with E-state index in [0.717, 1.165) is 13.0 Å². The highest BCUT2D eigenvalue weighted by molar-refractivity contribution is 5.02. The van der Waals surface area contributed by atoms with E-state index in [-0.39, 0.29) is 12.0 Å². The largest absolute Gasteiger partial charge is 0.384 e. The van der Waals surface area contributed by atoms with E-state index >= 15 is 0 Å². The third-order valence-electron chi connectivity index (χ3n) is 3.07. The Morgan fingerprint density at radius 2 is 2.33 bits per heavy atom. The first kappa shape index (κ1) is 13.5. The smallest absolute Gasteiger partial charge is 0.233 e. The number of rotatable bonds is 7. The second kappa shape index (κ2) is 6.82. The maximum atomic E-state index is 5.50. The predicted octanol–water partition coefficient (Wildman–Crippen LogP) is 0.740. The molecule has 18 heavy (non-hydrogen) atoms. The van der Waals surface area contributed by atoms with Crippen molar-refractivity contribution >= 4 is 0 Å². The van der Waals surface area contributed by atoms with E-state index in [9.17, 15) is 0 Å². The van der Waals surface area contributed by atoms with E-state index in [2.05, 4.69) is 22.4 Å². The van der Waals surface area contributed by atoms with Crippen LogP contribution in [-0.2, 0) is 15.9 Å². The summed E-state index contributed by atoms with van der Waals surface area (Å²) in [6.07, 6.45) is 1.78. The number of aromatic nitrogens is 2. The molecule has 1 N–H and O–H groups in total. The lowest BCUT2D eigenvalue weighted by molar-refractivity contribution is 0.184. The molecule has 1 aromatic rings. The molecule has 1 fully saturated rings. The Labute approximate surface area is 107 Å². The Bertz CT molecular complexity index is 356. The van der Waals surface area contributed by atoms with E-state index < -0.39 is 0 Å². The van der Waals surface area contributed by atoms with Crippen LogP contribution in [0.25, 0.3) is 0 Å². The van der Waals surface area contributed by atoms with E-state index in [0.29, 0.717) is 38.0 Å². The molecule has 2 heterocycles. The van der Waals surface area contributed by atoms with Crippen molar-refractivity contribution < 1.29 is 14.0 Å². The zero-order valence-corrected chi connectivity index (χ0v) is 11.0. The van der Waals surface area contributed by atoms with E-state index in [1.54, 1.807) is 7.11 Å². The standard InChI is InChI=1S/C12H21N3O3/c1-3-5-13-10-8-17-7-9(10)12-14-11(15-18-12)4-6-16-2/h9-10,13H,3-8H2,1-2H3. The quantitative estimate of drug-likeness (QED) is 0.775. The Morgan fingerprint density at radius 3 is 3.11 bits per heavy atom. The van der Waals surface area contributed by atoms with E-state index in [4.69, 9.17) is 14.0 Å². The molecule has 0 aromatic carbocycles. The minimum Gasteiger partial charge on any atom is -0.384 e. The Kier molecular flexibility index (Phi) is 5.10. The van der Waals surface area contributed by atoms with Gasteiger partial charge in [-0.1, -0.05) is 12.1 Å². The lowest BCUT2D eigenvalue weighted by atomic mass is 10.0. The molecule has 1 aromatic heterocycles. The third kappa shape index (κ3) is 3.28. The van der Waals surface area contributed by atoms with Crippen LogP contribution in [-0.4, -0.2) is 49.7 Å². The van der Waals surface area contributed by atoms with E-state index in [1.807, 2.05) is 0 Å². The summed E-state index contributed by atoms with van der Waals surface area (Å²) in [5, 5.41) is 7.42. The summed E-state index contributed by atoms with van der Waals surface area (Å²) in [5.74, 6) is 1.54. The van der Waals surface area contributed by atoms with Crippen molar-refractivity contribution in [3.05, 3.63) is 11.7 Å². The van der Waals surface area contributed by atoms with Crippen LogP contribution in [0.5, 0.6) is 0 Å². The van der Waals surface area contributed by atoms with Gasteiger partial charge in [-0.05, 0) is 13.0 Å². The first-order chi connectivity index (χ1) is 8.85. The molecule has 0 bridgehead atoms. The second-order valence-corrected chi connectivity index (χ2v) is 4.50. The van der Waals surface area contributed by atoms with Crippen LogP contribution in [0.3, 0.4) is 0 Å². The fourth-order valence-electron chi connectivity index (χ4n) is 2.04. The van der Waals surface area contributed by atoms with Gasteiger partial charge >= 0.3 is 0 Å². The van der Waals surface area contributed by atoms with Gasteiger partial charge in [-0.25, -0.2) is 0 Å². The topological polar surface area (TPSA) is 69.4 Å². The highest BCUT2D eigenvalue weighted by Crippen LogP contribution is 2.24. The third-order valence-corrected chi connectivity index (χ3v) is 3.07. The number of ether oxygens (including phenoxy) is 2. The average molecular weight is 255 g/mol. The van der Waals surface area contributed by atoms with Crippen LogP contribution in [0, 0.1) is 0 Å². The minimum atomic E-state index is 0.167. The van der Waals surface area contributed by atoms with Crippen LogP contribution >= 0.6 is 0 Å². The van der Waals surface area contributed by atoms with Crippen molar-refractivity contribution in [3.63, 3.8) is 0 Å². The molecule has 0 saturated carbocycles. The van der Waals surface area contributed by atoms with Gasteiger partial charge in [-0.15, -0.1) is 0 Å².